The van der Waals surface area contributed by atoms with Crippen LogP contribution in [0.1, 0.15) is 31.0 Å². The van der Waals surface area contributed by atoms with Gasteiger partial charge in [0.15, 0.2) is 0 Å². The van der Waals surface area contributed by atoms with E-state index in [2.05, 4.69) is 17.0 Å². The van der Waals surface area contributed by atoms with Crippen molar-refractivity contribution < 1.29 is 0 Å². The van der Waals surface area contributed by atoms with E-state index in [9.17, 15) is 0 Å². The summed E-state index contributed by atoms with van der Waals surface area (Å²) in [4.78, 5) is 4.23. The van der Waals surface area contributed by atoms with Gasteiger partial charge in [-0.25, -0.2) is 0 Å². The molecule has 1 aromatic rings. The highest BCUT2D eigenvalue weighted by Crippen LogP contribution is 2.23. The van der Waals surface area contributed by atoms with Gasteiger partial charge < -0.3 is 0 Å². The zero-order chi connectivity index (χ0) is 11.1. The monoisotopic (exact) mass is 225 g/mol. The molecule has 15 heavy (non-hydrogen) atoms. The van der Waals surface area contributed by atoms with Gasteiger partial charge in [0.05, 0.1) is 16.8 Å². The van der Waals surface area contributed by atoms with Crippen LogP contribution in [0.15, 0.2) is 31.0 Å². The Balaban J connectivity index is 2.65. The van der Waals surface area contributed by atoms with Gasteiger partial charge in [0.25, 0.3) is 0 Å². The molecule has 1 heterocycles. The van der Waals surface area contributed by atoms with Gasteiger partial charge in [-0.3, -0.25) is 16.3 Å². The van der Waals surface area contributed by atoms with Crippen molar-refractivity contribution in [2.75, 3.05) is 0 Å². The Morgan fingerprint density at radius 3 is 3.07 bits per heavy atom. The second-order valence-electron chi connectivity index (χ2n) is 3.31. The average molecular weight is 226 g/mol. The van der Waals surface area contributed by atoms with Crippen LogP contribution in [0.2, 0.25) is 5.02 Å². The minimum absolute atomic E-state index is 0.0126. The van der Waals surface area contributed by atoms with Gasteiger partial charge in [-0.1, -0.05) is 17.7 Å². The Hall–Kier alpha value is -0.900. The third kappa shape index (κ3) is 3.63. The lowest BCUT2D eigenvalue weighted by molar-refractivity contribution is 0.490. The fourth-order valence-electron chi connectivity index (χ4n) is 1.42. The molecule has 1 rings (SSSR count). The molecule has 0 aromatic carbocycles. The summed E-state index contributed by atoms with van der Waals surface area (Å²) >= 11 is 6.03. The van der Waals surface area contributed by atoms with E-state index in [1.54, 1.807) is 6.20 Å². The van der Waals surface area contributed by atoms with Gasteiger partial charge in [-0.15, -0.1) is 6.58 Å². The van der Waals surface area contributed by atoms with Gasteiger partial charge in [-0.2, -0.15) is 0 Å². The molecule has 0 radical (unpaired) electrons. The zero-order valence-corrected chi connectivity index (χ0v) is 9.37. The molecule has 82 valence electrons. The quantitative estimate of drug-likeness (QED) is 0.339. The van der Waals surface area contributed by atoms with Gasteiger partial charge in [0.1, 0.15) is 0 Å². The number of aromatic nitrogens is 1. The molecule has 4 heteroatoms. The number of nitrogens with one attached hydrogen (secondary N) is 1. The largest absolute Gasteiger partial charge is 0.271 e. The van der Waals surface area contributed by atoms with Crippen molar-refractivity contribution in [2.45, 2.75) is 25.3 Å². The summed E-state index contributed by atoms with van der Waals surface area (Å²) in [6.45, 7) is 3.68. The van der Waals surface area contributed by atoms with E-state index in [0.29, 0.717) is 5.02 Å². The summed E-state index contributed by atoms with van der Waals surface area (Å²) < 4.78 is 0. The highest BCUT2D eigenvalue weighted by molar-refractivity contribution is 6.31. The highest BCUT2D eigenvalue weighted by atomic mass is 35.5. The first-order valence-electron chi connectivity index (χ1n) is 4.97. The van der Waals surface area contributed by atoms with Crippen LogP contribution in [0.25, 0.3) is 0 Å². The van der Waals surface area contributed by atoms with Gasteiger partial charge >= 0.3 is 0 Å². The van der Waals surface area contributed by atoms with E-state index in [-0.39, 0.29) is 6.04 Å². The maximum atomic E-state index is 6.03. The summed E-state index contributed by atoms with van der Waals surface area (Å²) in [6.07, 6.45) is 6.51. The molecule has 0 aliphatic rings. The molecule has 0 aliphatic carbocycles. The number of hydrazine groups is 1. The third-order valence-corrected chi connectivity index (χ3v) is 2.54. The Bertz CT molecular complexity index is 314. The van der Waals surface area contributed by atoms with Crippen LogP contribution in [-0.2, 0) is 0 Å². The van der Waals surface area contributed by atoms with Crippen LogP contribution in [0.4, 0.5) is 0 Å². The molecule has 3 nitrogen and oxygen atoms in total. The lowest BCUT2D eigenvalue weighted by Gasteiger charge is -2.15. The second-order valence-corrected chi connectivity index (χ2v) is 3.72. The fraction of sp³-hybridized carbons (Fsp3) is 0.364. The summed E-state index contributed by atoms with van der Waals surface area (Å²) in [6, 6.07) is 3.64. The van der Waals surface area contributed by atoms with Gasteiger partial charge in [-0.05, 0) is 31.4 Å². The number of halogens is 1. The van der Waals surface area contributed by atoms with Crippen molar-refractivity contribution in [3.8, 4) is 0 Å². The minimum atomic E-state index is 0.0126. The van der Waals surface area contributed by atoms with E-state index < -0.39 is 0 Å². The topological polar surface area (TPSA) is 50.9 Å². The van der Waals surface area contributed by atoms with Crippen molar-refractivity contribution >= 4 is 11.6 Å². The molecule has 3 N–H and O–H groups in total. The first kappa shape index (κ1) is 12.2. The molecule has 1 atom stereocenters. The van der Waals surface area contributed by atoms with E-state index in [4.69, 9.17) is 17.4 Å². The SMILES string of the molecule is C=CCCCC(NN)c1ncccc1Cl. The fourth-order valence-corrected chi connectivity index (χ4v) is 1.67. The molecule has 0 spiro atoms. The van der Waals surface area contributed by atoms with E-state index in [1.165, 1.54) is 0 Å². The van der Waals surface area contributed by atoms with E-state index in [1.807, 2.05) is 18.2 Å². The first-order chi connectivity index (χ1) is 7.29. The number of rotatable bonds is 6. The third-order valence-electron chi connectivity index (χ3n) is 2.22. The summed E-state index contributed by atoms with van der Waals surface area (Å²) in [7, 11) is 0. The molecule has 1 aromatic heterocycles. The number of hydrogen-bond acceptors (Lipinski definition) is 3. The van der Waals surface area contributed by atoms with Crippen molar-refractivity contribution in [2.24, 2.45) is 5.84 Å². The Labute approximate surface area is 95.3 Å². The maximum Gasteiger partial charge on any atom is 0.0772 e. The Morgan fingerprint density at radius 2 is 2.47 bits per heavy atom. The number of hydrogen-bond donors (Lipinski definition) is 2. The lowest BCUT2D eigenvalue weighted by atomic mass is 10.1. The molecule has 0 bridgehead atoms. The van der Waals surface area contributed by atoms with Crippen LogP contribution in [0, 0.1) is 0 Å². The molecule has 0 saturated heterocycles. The van der Waals surface area contributed by atoms with Crippen molar-refractivity contribution in [3.63, 3.8) is 0 Å². The Morgan fingerprint density at radius 1 is 1.67 bits per heavy atom. The van der Waals surface area contributed by atoms with Crippen LogP contribution >= 0.6 is 11.6 Å². The molecule has 0 amide bonds. The Kier molecular flexibility index (Phi) is 5.32. The van der Waals surface area contributed by atoms with E-state index >= 15 is 0 Å². The predicted molar refractivity (Wildman–Crippen MR) is 63.4 cm³/mol. The smallest absolute Gasteiger partial charge is 0.0772 e. The molecule has 0 fully saturated rings. The first-order valence-corrected chi connectivity index (χ1v) is 5.34. The number of pyridine rings is 1. The van der Waals surface area contributed by atoms with E-state index in [0.717, 1.165) is 25.0 Å². The average Bonchev–Trinajstić information content (AvgIpc) is 2.26. The standard InChI is InChI=1S/C11H16ClN3/c1-2-3-4-7-10(15-13)11-9(12)6-5-8-14-11/h2,5-6,8,10,15H,1,3-4,7,13H2. The van der Waals surface area contributed by atoms with Crippen molar-refractivity contribution in [1.82, 2.24) is 10.4 Å². The summed E-state index contributed by atoms with van der Waals surface area (Å²) in [5, 5.41) is 0.652. The molecular formula is C11H16ClN3. The molecule has 0 saturated carbocycles. The number of nitrogens with zero attached hydrogens (tertiary/aromatic N) is 1. The van der Waals surface area contributed by atoms with Gasteiger partial charge in [0.2, 0.25) is 0 Å². The van der Waals surface area contributed by atoms with Crippen LogP contribution in [0.5, 0.6) is 0 Å². The molecule has 0 aliphatic heterocycles. The second kappa shape index (κ2) is 6.56. The highest BCUT2D eigenvalue weighted by Gasteiger charge is 2.13. The molecular weight excluding hydrogens is 210 g/mol. The minimum Gasteiger partial charge on any atom is -0.271 e. The van der Waals surface area contributed by atoms with Gasteiger partial charge in [0, 0.05) is 6.20 Å². The normalized spacial score (nSPS) is 12.4. The van der Waals surface area contributed by atoms with Crippen molar-refractivity contribution in [3.05, 3.63) is 41.7 Å². The number of unbranched alkanes of at least 4 members (excludes halogenated alkanes) is 1. The summed E-state index contributed by atoms with van der Waals surface area (Å²) in [5.74, 6) is 5.48. The number of allylic oxidation sites excluding steroid dienone is 1. The van der Waals surface area contributed by atoms with Crippen LogP contribution < -0.4 is 11.3 Å². The predicted octanol–water partition coefficient (Wildman–Crippen LogP) is 2.60. The number of nitrogens with two attached hydrogens (primary N) is 1. The zero-order valence-electron chi connectivity index (χ0n) is 8.62. The van der Waals surface area contributed by atoms with Crippen molar-refractivity contribution in [1.29, 1.82) is 0 Å². The molecule has 1 unspecified atom stereocenters. The lowest BCUT2D eigenvalue weighted by Crippen LogP contribution is -2.28. The van der Waals surface area contributed by atoms with Crippen LogP contribution in [0.3, 0.4) is 0 Å². The summed E-state index contributed by atoms with van der Waals surface area (Å²) in [5.41, 5.74) is 3.55. The maximum absolute atomic E-state index is 6.03. The van der Waals surface area contributed by atoms with Crippen LogP contribution in [-0.4, -0.2) is 4.98 Å².